The highest BCUT2D eigenvalue weighted by molar-refractivity contribution is 7.92. The van der Waals surface area contributed by atoms with Gasteiger partial charge in [-0.3, -0.25) is 19.1 Å². The summed E-state index contributed by atoms with van der Waals surface area (Å²) in [6.07, 6.45) is 2.63. The Morgan fingerprint density at radius 2 is 1.74 bits per heavy atom. The maximum atomic E-state index is 15.3. The third kappa shape index (κ3) is 8.31. The van der Waals surface area contributed by atoms with Crippen molar-refractivity contribution >= 4 is 39.2 Å². The first-order valence-electron chi connectivity index (χ1n) is 16.1. The maximum absolute atomic E-state index is 15.3. The lowest BCUT2D eigenvalue weighted by Crippen LogP contribution is -2.44. The molecule has 2 heterocycles. The van der Waals surface area contributed by atoms with Crippen LogP contribution in [0.25, 0.3) is 5.82 Å². The van der Waals surface area contributed by atoms with Crippen LogP contribution in [0.15, 0.2) is 75.4 Å². The van der Waals surface area contributed by atoms with E-state index in [0.29, 0.717) is 36.1 Å². The Morgan fingerprint density at radius 1 is 1.06 bits per heavy atom. The van der Waals surface area contributed by atoms with E-state index < -0.39 is 79.5 Å². The molecule has 2 aromatic heterocycles. The zero-order valence-electron chi connectivity index (χ0n) is 28.8. The van der Waals surface area contributed by atoms with Crippen molar-refractivity contribution < 1.29 is 36.3 Å². The lowest BCUT2D eigenvalue weighted by molar-refractivity contribution is -0.149. The van der Waals surface area contributed by atoms with Crippen molar-refractivity contribution in [3.63, 3.8) is 0 Å². The molecule has 1 fully saturated rings. The molecule has 276 valence electrons. The number of anilines is 2. The number of nitrogens with zero attached hydrogens (tertiary/aromatic N) is 4. The van der Waals surface area contributed by atoms with E-state index in [1.165, 1.54) is 55.2 Å². The molecule has 0 aliphatic heterocycles. The van der Waals surface area contributed by atoms with Gasteiger partial charge in [-0.25, -0.2) is 36.3 Å². The first kappa shape index (κ1) is 38.0. The van der Waals surface area contributed by atoms with Gasteiger partial charge in [0.1, 0.15) is 28.9 Å². The molecular formula is C35H33F2N7O8S. The first-order valence-corrected chi connectivity index (χ1v) is 17.5. The quantitative estimate of drug-likeness (QED) is 0.180. The number of nitriles is 1. The molecule has 4 aromatic rings. The molecule has 1 aliphatic carbocycles. The second-order valence-corrected chi connectivity index (χ2v) is 14.4. The van der Waals surface area contributed by atoms with Crippen LogP contribution in [0.4, 0.5) is 20.2 Å². The van der Waals surface area contributed by atoms with E-state index in [1.54, 1.807) is 13.8 Å². The van der Waals surface area contributed by atoms with E-state index in [2.05, 4.69) is 15.6 Å². The van der Waals surface area contributed by atoms with Gasteiger partial charge in [0.2, 0.25) is 5.91 Å². The van der Waals surface area contributed by atoms with Crippen LogP contribution in [0.1, 0.15) is 48.2 Å². The lowest BCUT2D eigenvalue weighted by Gasteiger charge is -2.20. The van der Waals surface area contributed by atoms with Crippen molar-refractivity contribution in [3.8, 4) is 11.9 Å². The van der Waals surface area contributed by atoms with Crippen molar-refractivity contribution in [2.45, 2.75) is 57.1 Å². The normalized spacial score (nSPS) is 13.8. The van der Waals surface area contributed by atoms with Crippen molar-refractivity contribution in [1.82, 2.24) is 19.4 Å². The molecule has 18 heteroatoms. The molecule has 3 N–H and O–H groups in total. The highest BCUT2D eigenvalue weighted by atomic mass is 32.2. The fraction of sp³-hybridized carbons (Fsp3) is 0.286. The number of aryl methyl sites for hydroxylation is 2. The van der Waals surface area contributed by atoms with Crippen molar-refractivity contribution in [1.29, 1.82) is 5.26 Å². The summed E-state index contributed by atoms with van der Waals surface area (Å²) in [5.74, 6) is -5.27. The van der Waals surface area contributed by atoms with Gasteiger partial charge >= 0.3 is 11.7 Å². The fourth-order valence-electron chi connectivity index (χ4n) is 5.16. The smallest absolute Gasteiger partial charge is 0.336 e. The summed E-state index contributed by atoms with van der Waals surface area (Å²) in [6, 6.07) is 9.03. The van der Waals surface area contributed by atoms with E-state index in [9.17, 15) is 37.7 Å². The van der Waals surface area contributed by atoms with Crippen LogP contribution in [0.3, 0.4) is 0 Å². The van der Waals surface area contributed by atoms with E-state index >= 15 is 8.78 Å². The SMILES string of the molecule is Cc1cn(C)c(=O)n(-c2ccc(C[C@H](NC(=O)c3cc(F)c(NS(=O)(=O)c4ccc(NC(=O)C5(C#N)CC5)cc4)cc3F)C(=O)OC(C)C)cn2)c1=O. The highest BCUT2D eigenvalue weighted by Crippen LogP contribution is 2.45. The second-order valence-electron chi connectivity index (χ2n) is 12.7. The Labute approximate surface area is 301 Å². The number of pyridine rings is 1. The van der Waals surface area contributed by atoms with E-state index in [0.717, 1.165) is 16.7 Å². The molecule has 1 aliphatic rings. The molecule has 5 rings (SSSR count). The minimum atomic E-state index is -4.48. The van der Waals surface area contributed by atoms with Gasteiger partial charge in [0.15, 0.2) is 0 Å². The van der Waals surface area contributed by atoms with Gasteiger partial charge in [-0.15, -0.1) is 0 Å². The van der Waals surface area contributed by atoms with Gasteiger partial charge in [-0.1, -0.05) is 6.07 Å². The summed E-state index contributed by atoms with van der Waals surface area (Å²) < 4.78 is 65.7. The predicted octanol–water partition coefficient (Wildman–Crippen LogP) is 2.85. The topological polar surface area (TPSA) is 211 Å². The number of hydrogen-bond acceptors (Lipinski definition) is 10. The Balaban J connectivity index is 1.31. The zero-order chi connectivity index (χ0) is 38.8. The van der Waals surface area contributed by atoms with E-state index in [-0.39, 0.29) is 22.8 Å². The predicted molar refractivity (Wildman–Crippen MR) is 186 cm³/mol. The largest absolute Gasteiger partial charge is 0.461 e. The van der Waals surface area contributed by atoms with E-state index in [4.69, 9.17) is 4.74 Å². The van der Waals surface area contributed by atoms with Crippen LogP contribution in [0.2, 0.25) is 0 Å². The number of esters is 1. The summed E-state index contributed by atoms with van der Waals surface area (Å²) in [4.78, 5) is 67.5. The average molecular weight is 750 g/mol. The van der Waals surface area contributed by atoms with Gasteiger partial charge in [0.25, 0.3) is 21.5 Å². The van der Waals surface area contributed by atoms with Gasteiger partial charge in [0, 0.05) is 43.2 Å². The number of hydrogen-bond donors (Lipinski definition) is 3. The number of ether oxygens (including phenoxy) is 1. The lowest BCUT2D eigenvalue weighted by atomic mass is 10.1. The van der Waals surface area contributed by atoms with Crippen LogP contribution in [-0.4, -0.2) is 52.5 Å². The van der Waals surface area contributed by atoms with Crippen molar-refractivity contribution in [3.05, 3.63) is 110 Å². The van der Waals surface area contributed by atoms with Crippen molar-refractivity contribution in [2.75, 3.05) is 10.0 Å². The van der Waals surface area contributed by atoms with Crippen LogP contribution < -0.4 is 26.6 Å². The van der Waals surface area contributed by atoms with Crippen LogP contribution in [0, 0.1) is 35.3 Å². The summed E-state index contributed by atoms with van der Waals surface area (Å²) in [5.41, 5.74) is -3.12. The second kappa shape index (κ2) is 14.8. The Morgan fingerprint density at radius 3 is 2.32 bits per heavy atom. The highest BCUT2D eigenvalue weighted by Gasteiger charge is 2.50. The summed E-state index contributed by atoms with van der Waals surface area (Å²) in [7, 11) is -3.01. The number of nitrogens with one attached hydrogen (secondary N) is 3. The van der Waals surface area contributed by atoms with Crippen molar-refractivity contribution in [2.24, 2.45) is 12.5 Å². The molecule has 2 aromatic carbocycles. The Bertz CT molecular complexity index is 2350. The molecule has 15 nitrogen and oxygen atoms in total. The summed E-state index contributed by atoms with van der Waals surface area (Å²) in [5, 5.41) is 14.0. The third-order valence-electron chi connectivity index (χ3n) is 8.21. The standard InChI is InChI=1S/C35H33F2N7O8S/c1-19(2)52-32(47)28(13-21-5-10-29(39-16-21)44-31(46)20(3)17-43(4)34(44)49)41-30(45)24-14-26(37)27(15-25(24)36)42-53(50,51)23-8-6-22(7-9-23)40-33(48)35(18-38)11-12-35/h5-10,14-17,19,28,42H,11-13H2,1-4H3,(H,40,48)(H,41,45)/t28-/m0/s1. The molecule has 1 saturated carbocycles. The maximum Gasteiger partial charge on any atom is 0.336 e. The van der Waals surface area contributed by atoms with Gasteiger partial charge in [-0.2, -0.15) is 5.26 Å². The minimum Gasteiger partial charge on any atom is -0.461 e. The first-order chi connectivity index (χ1) is 24.9. The third-order valence-corrected chi connectivity index (χ3v) is 9.59. The molecule has 2 amide bonds. The fourth-order valence-corrected chi connectivity index (χ4v) is 6.22. The summed E-state index contributed by atoms with van der Waals surface area (Å²) >= 11 is 0. The number of sulfonamides is 1. The van der Waals surface area contributed by atoms with Crippen LogP contribution in [-0.2, 0) is 37.8 Å². The molecule has 1 atom stereocenters. The minimum absolute atomic E-state index is 0.00512. The van der Waals surface area contributed by atoms with Gasteiger partial charge < -0.3 is 19.9 Å². The molecule has 53 heavy (non-hydrogen) atoms. The van der Waals surface area contributed by atoms with Gasteiger partial charge in [-0.05, 0) is 75.6 Å². The van der Waals surface area contributed by atoms with E-state index in [1.807, 2.05) is 10.8 Å². The van der Waals surface area contributed by atoms with Crippen LogP contribution >= 0.6 is 0 Å². The molecular weight excluding hydrogens is 716 g/mol. The molecule has 0 unspecified atom stereocenters. The van der Waals surface area contributed by atoms with Gasteiger partial charge in [0.05, 0.1) is 28.3 Å². The Hall–Kier alpha value is -6.22. The molecule has 0 spiro atoms. The number of carbonyl (C=O) groups is 3. The number of halogens is 2. The summed E-state index contributed by atoms with van der Waals surface area (Å²) in [6.45, 7) is 4.66. The average Bonchev–Trinajstić information content (AvgIpc) is 3.91. The molecule has 0 bridgehead atoms. The number of benzene rings is 2. The van der Waals surface area contributed by atoms with Crippen LogP contribution in [0.5, 0.6) is 0 Å². The zero-order valence-corrected chi connectivity index (χ0v) is 29.6. The Kier molecular flexibility index (Phi) is 10.6. The number of carbonyl (C=O) groups excluding carboxylic acids is 3. The molecule has 0 saturated heterocycles. The molecule has 0 radical (unpaired) electrons. The number of amides is 2. The monoisotopic (exact) mass is 749 g/mol. The number of rotatable bonds is 12. The number of aromatic nitrogens is 3.